The molecule has 0 spiro atoms. The molecule has 0 aromatic carbocycles. The van der Waals surface area contributed by atoms with Crippen LogP contribution in [0.2, 0.25) is 0 Å². The van der Waals surface area contributed by atoms with Crippen LogP contribution < -0.4 is 0 Å². The van der Waals surface area contributed by atoms with Gasteiger partial charge in [0.25, 0.3) is 0 Å². The number of rotatable bonds is 0. The van der Waals surface area contributed by atoms with Gasteiger partial charge in [-0.25, -0.2) is 0 Å². The second-order valence-electron chi connectivity index (χ2n) is 2.99. The highest BCUT2D eigenvalue weighted by Crippen LogP contribution is 2.22. The summed E-state index contributed by atoms with van der Waals surface area (Å²) in [4.78, 5) is 0. The molecule has 0 aromatic rings. The van der Waals surface area contributed by atoms with Crippen LogP contribution in [0.3, 0.4) is 0 Å². The molecule has 1 aliphatic rings. The lowest BCUT2D eigenvalue weighted by molar-refractivity contribution is 0.591. The van der Waals surface area contributed by atoms with Gasteiger partial charge >= 0.3 is 0 Å². The summed E-state index contributed by atoms with van der Waals surface area (Å²) >= 11 is 3.41. The third kappa shape index (κ3) is 2.03. The van der Waals surface area contributed by atoms with E-state index in [1.54, 1.807) is 0 Å². The highest BCUT2D eigenvalue weighted by molar-refractivity contribution is 9.11. The zero-order chi connectivity index (χ0) is 8.43. The summed E-state index contributed by atoms with van der Waals surface area (Å²) in [5.41, 5.74) is 0.711. The van der Waals surface area contributed by atoms with E-state index in [4.69, 9.17) is 5.41 Å². The number of halogens is 1. The van der Waals surface area contributed by atoms with Crippen molar-refractivity contribution in [2.24, 2.45) is 11.8 Å². The minimum atomic E-state index is 0.335. The molecule has 0 bridgehead atoms. The van der Waals surface area contributed by atoms with Crippen LogP contribution in [0.4, 0.5) is 0 Å². The molecule has 2 heteroatoms. The number of nitrogens with one attached hydrogen (secondary N) is 1. The Kier molecular flexibility index (Phi) is 2.66. The zero-order valence-corrected chi connectivity index (χ0v) is 8.35. The van der Waals surface area contributed by atoms with E-state index in [1.807, 2.05) is 12.2 Å². The van der Waals surface area contributed by atoms with Gasteiger partial charge in [0.1, 0.15) is 0 Å². The van der Waals surface area contributed by atoms with Crippen molar-refractivity contribution in [3.63, 3.8) is 0 Å². The average Bonchev–Trinajstić information content (AvgIpc) is 2.05. The molecular formula is C9H12BrN. The quantitative estimate of drug-likeness (QED) is 0.640. The van der Waals surface area contributed by atoms with Gasteiger partial charge in [0.2, 0.25) is 0 Å². The molecule has 2 unspecified atom stereocenters. The van der Waals surface area contributed by atoms with E-state index >= 15 is 0 Å². The molecule has 11 heavy (non-hydrogen) atoms. The topological polar surface area (TPSA) is 23.9 Å². The molecule has 0 saturated heterocycles. The van der Waals surface area contributed by atoms with Crippen LogP contribution in [0.5, 0.6) is 0 Å². The Morgan fingerprint density at radius 2 is 2.00 bits per heavy atom. The Morgan fingerprint density at radius 1 is 1.36 bits per heavy atom. The Hall–Kier alpha value is -0.370. The van der Waals surface area contributed by atoms with E-state index < -0.39 is 0 Å². The molecule has 0 amide bonds. The van der Waals surface area contributed by atoms with Crippen LogP contribution in [0.15, 0.2) is 22.7 Å². The second-order valence-corrected chi connectivity index (χ2v) is 3.90. The van der Waals surface area contributed by atoms with E-state index in [0.29, 0.717) is 17.5 Å². The number of allylic oxidation sites excluding steroid dienone is 4. The number of hydrogen-bond acceptors (Lipinski definition) is 1. The molecule has 2 atom stereocenters. The van der Waals surface area contributed by atoms with Crippen molar-refractivity contribution in [2.45, 2.75) is 13.8 Å². The lowest BCUT2D eigenvalue weighted by atomic mass is 9.92. The molecule has 60 valence electrons. The first-order chi connectivity index (χ1) is 5.11. The third-order valence-electron chi connectivity index (χ3n) is 2.12. The maximum Gasteiger partial charge on any atom is 0.0348 e. The average molecular weight is 214 g/mol. The molecule has 0 aliphatic heterocycles. The Balaban J connectivity index is 2.90. The van der Waals surface area contributed by atoms with E-state index in [1.165, 1.54) is 0 Å². The van der Waals surface area contributed by atoms with Crippen LogP contribution in [0.1, 0.15) is 13.8 Å². The van der Waals surface area contributed by atoms with Gasteiger partial charge in [-0.3, -0.25) is 0 Å². The monoisotopic (exact) mass is 213 g/mol. The van der Waals surface area contributed by atoms with Gasteiger partial charge in [-0.2, -0.15) is 0 Å². The minimum Gasteiger partial charge on any atom is -0.305 e. The SMILES string of the molecule is CC1C=C(Br)C=CC(=N)C1C. The molecule has 0 fully saturated rings. The van der Waals surface area contributed by atoms with Gasteiger partial charge < -0.3 is 5.41 Å². The summed E-state index contributed by atoms with van der Waals surface area (Å²) in [5.74, 6) is 0.785. The fourth-order valence-corrected chi connectivity index (χ4v) is 1.60. The fourth-order valence-electron chi connectivity index (χ4n) is 1.06. The summed E-state index contributed by atoms with van der Waals surface area (Å²) in [6.45, 7) is 4.22. The van der Waals surface area contributed by atoms with Crippen molar-refractivity contribution in [3.05, 3.63) is 22.7 Å². The van der Waals surface area contributed by atoms with Crippen molar-refractivity contribution in [1.82, 2.24) is 0 Å². The molecular weight excluding hydrogens is 202 g/mol. The standard InChI is InChI=1S/C9H12BrN/c1-6-5-8(10)3-4-9(11)7(6)2/h3-7,11H,1-2H3. The maximum absolute atomic E-state index is 7.61. The largest absolute Gasteiger partial charge is 0.305 e. The van der Waals surface area contributed by atoms with E-state index in [9.17, 15) is 0 Å². The lowest BCUT2D eigenvalue weighted by Gasteiger charge is -2.13. The summed E-state index contributed by atoms with van der Waals surface area (Å²) in [5, 5.41) is 7.61. The highest BCUT2D eigenvalue weighted by atomic mass is 79.9. The van der Waals surface area contributed by atoms with Crippen LogP contribution >= 0.6 is 15.9 Å². The molecule has 1 nitrogen and oxygen atoms in total. The van der Waals surface area contributed by atoms with Gasteiger partial charge in [-0.15, -0.1) is 0 Å². The van der Waals surface area contributed by atoms with Crippen molar-refractivity contribution in [3.8, 4) is 0 Å². The fraction of sp³-hybridized carbons (Fsp3) is 0.444. The molecule has 1 aliphatic carbocycles. The summed E-state index contributed by atoms with van der Waals surface area (Å²) in [7, 11) is 0. The lowest BCUT2D eigenvalue weighted by Crippen LogP contribution is -2.13. The Labute approximate surface area is 75.8 Å². The number of hydrogen-bond donors (Lipinski definition) is 1. The van der Waals surface area contributed by atoms with Crippen molar-refractivity contribution in [2.75, 3.05) is 0 Å². The van der Waals surface area contributed by atoms with Gasteiger partial charge in [0.05, 0.1) is 0 Å². The first-order valence-electron chi connectivity index (χ1n) is 3.75. The summed E-state index contributed by atoms with van der Waals surface area (Å²) in [6.07, 6.45) is 5.93. The first-order valence-corrected chi connectivity index (χ1v) is 4.54. The van der Waals surface area contributed by atoms with Crippen LogP contribution in [-0.4, -0.2) is 5.71 Å². The van der Waals surface area contributed by atoms with Crippen molar-refractivity contribution in [1.29, 1.82) is 5.41 Å². The highest BCUT2D eigenvalue weighted by Gasteiger charge is 2.15. The molecule has 0 radical (unpaired) electrons. The van der Waals surface area contributed by atoms with Gasteiger partial charge in [0, 0.05) is 16.1 Å². The molecule has 1 N–H and O–H groups in total. The Morgan fingerprint density at radius 3 is 2.64 bits per heavy atom. The van der Waals surface area contributed by atoms with E-state index in [-0.39, 0.29) is 0 Å². The molecule has 0 aromatic heterocycles. The first kappa shape index (κ1) is 8.72. The van der Waals surface area contributed by atoms with Crippen molar-refractivity contribution >= 4 is 21.6 Å². The smallest absolute Gasteiger partial charge is 0.0348 e. The van der Waals surface area contributed by atoms with Gasteiger partial charge in [0.15, 0.2) is 0 Å². The minimum absolute atomic E-state index is 0.335. The predicted molar refractivity (Wildman–Crippen MR) is 52.2 cm³/mol. The maximum atomic E-state index is 7.61. The summed E-state index contributed by atoms with van der Waals surface area (Å²) < 4.78 is 1.08. The molecule has 1 rings (SSSR count). The normalized spacial score (nSPS) is 31.5. The zero-order valence-electron chi connectivity index (χ0n) is 6.76. The Bertz CT molecular complexity index is 228. The van der Waals surface area contributed by atoms with Gasteiger partial charge in [-0.05, 0) is 18.1 Å². The van der Waals surface area contributed by atoms with Crippen LogP contribution in [-0.2, 0) is 0 Å². The van der Waals surface area contributed by atoms with Crippen LogP contribution in [0, 0.1) is 17.2 Å². The van der Waals surface area contributed by atoms with Gasteiger partial charge in [-0.1, -0.05) is 35.9 Å². The second kappa shape index (κ2) is 3.35. The van der Waals surface area contributed by atoms with E-state index in [2.05, 4.69) is 35.9 Å². The third-order valence-corrected chi connectivity index (χ3v) is 2.65. The van der Waals surface area contributed by atoms with Crippen molar-refractivity contribution < 1.29 is 0 Å². The molecule has 0 heterocycles. The van der Waals surface area contributed by atoms with Crippen LogP contribution in [0.25, 0.3) is 0 Å². The molecule has 0 saturated carbocycles. The summed E-state index contributed by atoms with van der Waals surface area (Å²) in [6, 6.07) is 0. The van der Waals surface area contributed by atoms with E-state index in [0.717, 1.165) is 4.48 Å². The predicted octanol–water partition coefficient (Wildman–Crippen LogP) is 3.13.